The number of rotatable bonds is 22. The van der Waals surface area contributed by atoms with E-state index >= 15 is 0 Å². The minimum atomic E-state index is -0.0862. The number of unbranched alkanes of at least 4 members (excludes halogenated alkanes) is 10. The van der Waals surface area contributed by atoms with Gasteiger partial charge in [-0.1, -0.05) is 111 Å². The number of hydrogen-bond donors (Lipinski definition) is 2. The van der Waals surface area contributed by atoms with Gasteiger partial charge in [-0.25, -0.2) is 0 Å². The molecule has 0 saturated heterocycles. The topological polar surface area (TPSA) is 40.5 Å². The first-order chi connectivity index (χ1) is 13.7. The van der Waals surface area contributed by atoms with Crippen LogP contribution >= 0.6 is 0 Å². The predicted octanol–water partition coefficient (Wildman–Crippen LogP) is 8.04. The Morgan fingerprint density at radius 3 is 1.43 bits per heavy atom. The third kappa shape index (κ3) is 16.8. The average Bonchev–Trinajstić information content (AvgIpc) is 2.71. The van der Waals surface area contributed by atoms with Gasteiger partial charge in [0.25, 0.3) is 0 Å². The summed E-state index contributed by atoms with van der Waals surface area (Å²) >= 11 is 0. The second-order valence-corrected chi connectivity index (χ2v) is 9.21. The van der Waals surface area contributed by atoms with E-state index in [1.807, 2.05) is 0 Å². The third-order valence-electron chi connectivity index (χ3n) is 6.49. The van der Waals surface area contributed by atoms with Crippen LogP contribution in [0.3, 0.4) is 0 Å². The highest BCUT2D eigenvalue weighted by Gasteiger charge is 2.18. The molecule has 0 aliphatic carbocycles. The number of aliphatic hydroxyl groups is 2. The van der Waals surface area contributed by atoms with E-state index in [1.54, 1.807) is 0 Å². The molecule has 0 spiro atoms. The molecule has 0 saturated carbocycles. The predicted molar refractivity (Wildman–Crippen MR) is 125 cm³/mol. The average molecular weight is 399 g/mol. The van der Waals surface area contributed by atoms with Crippen LogP contribution in [0.15, 0.2) is 0 Å². The summed E-state index contributed by atoms with van der Waals surface area (Å²) in [5.41, 5.74) is 0. The molecule has 0 heterocycles. The zero-order valence-corrected chi connectivity index (χ0v) is 19.8. The van der Waals surface area contributed by atoms with Gasteiger partial charge in [0.05, 0.1) is 6.10 Å². The molecular formula is C26H54O2. The molecule has 0 fully saturated rings. The summed E-state index contributed by atoms with van der Waals surface area (Å²) in [5, 5.41) is 20.2. The van der Waals surface area contributed by atoms with Crippen LogP contribution in [0, 0.1) is 11.8 Å². The Morgan fingerprint density at radius 2 is 0.929 bits per heavy atom. The highest BCUT2D eigenvalue weighted by molar-refractivity contribution is 4.70. The number of hydrogen-bond acceptors (Lipinski definition) is 2. The molecule has 0 aromatic heterocycles. The van der Waals surface area contributed by atoms with Crippen molar-refractivity contribution in [3.63, 3.8) is 0 Å². The molecule has 2 N–H and O–H groups in total. The molecular weight excluding hydrogens is 344 g/mol. The minimum absolute atomic E-state index is 0.0862. The van der Waals surface area contributed by atoms with Gasteiger partial charge < -0.3 is 10.2 Å². The van der Waals surface area contributed by atoms with Gasteiger partial charge in [0, 0.05) is 6.61 Å². The quantitative estimate of drug-likeness (QED) is 0.181. The van der Waals surface area contributed by atoms with Crippen LogP contribution < -0.4 is 0 Å². The van der Waals surface area contributed by atoms with Crippen LogP contribution in [0.5, 0.6) is 0 Å². The van der Waals surface area contributed by atoms with E-state index in [0.29, 0.717) is 18.4 Å². The second kappa shape index (κ2) is 21.6. The monoisotopic (exact) mass is 398 g/mol. The van der Waals surface area contributed by atoms with Crippen molar-refractivity contribution in [3.05, 3.63) is 0 Å². The lowest BCUT2D eigenvalue weighted by molar-refractivity contribution is 0.0832. The molecule has 170 valence electrons. The third-order valence-corrected chi connectivity index (χ3v) is 6.49. The molecule has 3 unspecified atom stereocenters. The molecule has 0 amide bonds. The highest BCUT2D eigenvalue weighted by Crippen LogP contribution is 2.25. The maximum Gasteiger partial charge on any atom is 0.0568 e. The first kappa shape index (κ1) is 27.9. The van der Waals surface area contributed by atoms with E-state index in [1.165, 1.54) is 116 Å². The fourth-order valence-corrected chi connectivity index (χ4v) is 4.39. The first-order valence-corrected chi connectivity index (χ1v) is 13.0. The van der Waals surface area contributed by atoms with Crippen LogP contribution in [-0.4, -0.2) is 22.9 Å². The summed E-state index contributed by atoms with van der Waals surface area (Å²) in [4.78, 5) is 0. The van der Waals surface area contributed by atoms with E-state index in [-0.39, 0.29) is 6.10 Å². The van der Waals surface area contributed by atoms with Crippen molar-refractivity contribution < 1.29 is 10.2 Å². The summed E-state index contributed by atoms with van der Waals surface area (Å²) in [7, 11) is 0. The zero-order chi connectivity index (χ0) is 20.9. The van der Waals surface area contributed by atoms with E-state index in [0.717, 1.165) is 6.42 Å². The van der Waals surface area contributed by atoms with Gasteiger partial charge in [-0.05, 0) is 43.9 Å². The van der Waals surface area contributed by atoms with Gasteiger partial charge in [0.2, 0.25) is 0 Å². The molecule has 0 radical (unpaired) electrons. The lowest BCUT2D eigenvalue weighted by Crippen LogP contribution is -2.20. The maximum absolute atomic E-state index is 10.7. The Morgan fingerprint density at radius 1 is 0.500 bits per heavy atom. The van der Waals surface area contributed by atoms with Gasteiger partial charge in [0.1, 0.15) is 0 Å². The lowest BCUT2D eigenvalue weighted by Gasteiger charge is -2.23. The fourth-order valence-electron chi connectivity index (χ4n) is 4.39. The zero-order valence-electron chi connectivity index (χ0n) is 19.8. The van der Waals surface area contributed by atoms with Crippen LogP contribution in [0.1, 0.15) is 143 Å². The lowest BCUT2D eigenvalue weighted by atomic mass is 9.87. The largest absolute Gasteiger partial charge is 0.396 e. The van der Waals surface area contributed by atoms with Crippen molar-refractivity contribution >= 4 is 0 Å². The number of aliphatic hydroxyl groups excluding tert-OH is 2. The van der Waals surface area contributed by atoms with E-state index < -0.39 is 0 Å². The molecule has 0 aromatic rings. The summed E-state index contributed by atoms with van der Waals surface area (Å²) in [6.07, 6.45) is 23.6. The molecule has 2 nitrogen and oxygen atoms in total. The Kier molecular flexibility index (Phi) is 21.6. The SMILES string of the molecule is CCCCCCC(CO)CCCCCCC(O)C(CCCC)CCCCCC. The highest BCUT2D eigenvalue weighted by atomic mass is 16.3. The van der Waals surface area contributed by atoms with Crippen molar-refractivity contribution in [2.75, 3.05) is 6.61 Å². The summed E-state index contributed by atoms with van der Waals surface area (Å²) in [6.45, 7) is 7.13. The van der Waals surface area contributed by atoms with E-state index in [9.17, 15) is 10.2 Å². The van der Waals surface area contributed by atoms with Gasteiger partial charge >= 0.3 is 0 Å². The molecule has 0 aromatic carbocycles. The fraction of sp³-hybridized carbons (Fsp3) is 1.00. The van der Waals surface area contributed by atoms with Crippen molar-refractivity contribution in [3.8, 4) is 0 Å². The summed E-state index contributed by atoms with van der Waals surface area (Å²) in [5.74, 6) is 1.04. The Labute approximate surface area is 177 Å². The maximum atomic E-state index is 10.7. The van der Waals surface area contributed by atoms with Crippen molar-refractivity contribution in [1.29, 1.82) is 0 Å². The van der Waals surface area contributed by atoms with Crippen LogP contribution in [-0.2, 0) is 0 Å². The molecule has 28 heavy (non-hydrogen) atoms. The molecule has 0 bridgehead atoms. The van der Waals surface area contributed by atoms with Crippen LogP contribution in [0.4, 0.5) is 0 Å². The van der Waals surface area contributed by atoms with Crippen LogP contribution in [0.25, 0.3) is 0 Å². The minimum Gasteiger partial charge on any atom is -0.396 e. The Hall–Kier alpha value is -0.0800. The van der Waals surface area contributed by atoms with Crippen LogP contribution in [0.2, 0.25) is 0 Å². The normalized spacial score (nSPS) is 14.9. The van der Waals surface area contributed by atoms with Crippen molar-refractivity contribution in [2.45, 2.75) is 149 Å². The van der Waals surface area contributed by atoms with Gasteiger partial charge in [-0.2, -0.15) is 0 Å². The summed E-state index contributed by atoms with van der Waals surface area (Å²) < 4.78 is 0. The Balaban J connectivity index is 3.85. The van der Waals surface area contributed by atoms with Gasteiger partial charge in [-0.15, -0.1) is 0 Å². The van der Waals surface area contributed by atoms with Crippen molar-refractivity contribution in [2.24, 2.45) is 11.8 Å². The summed E-state index contributed by atoms with van der Waals surface area (Å²) in [6, 6.07) is 0. The second-order valence-electron chi connectivity index (χ2n) is 9.21. The van der Waals surface area contributed by atoms with Gasteiger partial charge in [-0.3, -0.25) is 0 Å². The van der Waals surface area contributed by atoms with Crippen molar-refractivity contribution in [1.82, 2.24) is 0 Å². The molecule has 2 heteroatoms. The van der Waals surface area contributed by atoms with E-state index in [4.69, 9.17) is 0 Å². The van der Waals surface area contributed by atoms with Gasteiger partial charge in [0.15, 0.2) is 0 Å². The standard InChI is InChI=1S/C26H54O2/c1-4-7-10-14-18-24(23-27)19-15-12-13-17-22-26(28)25(20-9-6-3)21-16-11-8-5-2/h24-28H,4-23H2,1-3H3. The molecule has 3 atom stereocenters. The molecule has 0 aliphatic rings. The molecule has 0 rings (SSSR count). The van der Waals surface area contributed by atoms with E-state index in [2.05, 4.69) is 20.8 Å². The Bertz CT molecular complexity index is 292. The first-order valence-electron chi connectivity index (χ1n) is 13.0. The molecule has 0 aliphatic heterocycles. The smallest absolute Gasteiger partial charge is 0.0568 e.